The molecule has 0 atom stereocenters. The summed E-state index contributed by atoms with van der Waals surface area (Å²) in [6.45, 7) is 0. The molecule has 0 fully saturated rings. The van der Waals surface area contributed by atoms with Crippen molar-refractivity contribution in [2.24, 2.45) is 0 Å². The SMILES string of the molecule is O=C(O)/C(=C\c1cccc([N+](=O)[O-])c1)c1cccc([N+](=O)[O-])c1. The molecule has 8 nitrogen and oxygen atoms in total. The lowest BCUT2D eigenvalue weighted by molar-refractivity contribution is -0.385. The monoisotopic (exact) mass is 314 g/mol. The Balaban J connectivity index is 2.52. The van der Waals surface area contributed by atoms with Gasteiger partial charge in [0.25, 0.3) is 11.4 Å². The summed E-state index contributed by atoms with van der Waals surface area (Å²) in [5, 5.41) is 30.9. The minimum atomic E-state index is -1.29. The number of non-ortho nitro benzene ring substituents is 2. The van der Waals surface area contributed by atoms with Crippen molar-refractivity contribution in [1.29, 1.82) is 0 Å². The number of carboxylic acid groups (broad SMARTS) is 1. The average molecular weight is 314 g/mol. The van der Waals surface area contributed by atoms with Crippen LogP contribution in [-0.2, 0) is 4.79 Å². The molecule has 0 aromatic heterocycles. The van der Waals surface area contributed by atoms with E-state index in [4.69, 9.17) is 0 Å². The van der Waals surface area contributed by atoms with Crippen LogP contribution in [0.1, 0.15) is 11.1 Å². The molecule has 1 N–H and O–H groups in total. The third-order valence-corrected chi connectivity index (χ3v) is 2.99. The highest BCUT2D eigenvalue weighted by Gasteiger charge is 2.15. The first kappa shape index (κ1) is 15.8. The highest BCUT2D eigenvalue weighted by molar-refractivity contribution is 6.20. The Kier molecular flexibility index (Phi) is 4.46. The second-order valence-electron chi connectivity index (χ2n) is 4.52. The Bertz CT molecular complexity index is 828. The number of nitrogens with zero attached hydrogens (tertiary/aromatic N) is 2. The van der Waals surface area contributed by atoms with Gasteiger partial charge in [0, 0.05) is 24.3 Å². The highest BCUT2D eigenvalue weighted by atomic mass is 16.6. The predicted octanol–water partition coefficient (Wildman–Crippen LogP) is 3.13. The Hall–Kier alpha value is -3.55. The summed E-state index contributed by atoms with van der Waals surface area (Å²) in [6.07, 6.45) is 1.23. The smallest absolute Gasteiger partial charge is 0.336 e. The van der Waals surface area contributed by atoms with Gasteiger partial charge in [0.2, 0.25) is 0 Å². The van der Waals surface area contributed by atoms with Gasteiger partial charge in [0.1, 0.15) is 0 Å². The molecule has 2 rings (SSSR count). The Labute approximate surface area is 129 Å². The molecule has 2 aromatic carbocycles. The van der Waals surface area contributed by atoms with Crippen molar-refractivity contribution in [3.05, 3.63) is 79.9 Å². The molecule has 0 aliphatic rings. The van der Waals surface area contributed by atoms with Crippen LogP contribution in [0.5, 0.6) is 0 Å². The summed E-state index contributed by atoms with van der Waals surface area (Å²) in [6, 6.07) is 10.6. The van der Waals surface area contributed by atoms with Crippen LogP contribution >= 0.6 is 0 Å². The molecular formula is C15H10N2O6. The van der Waals surface area contributed by atoms with Crippen molar-refractivity contribution in [2.45, 2.75) is 0 Å². The molecule has 0 heterocycles. The maximum absolute atomic E-state index is 11.4. The predicted molar refractivity (Wildman–Crippen MR) is 81.7 cm³/mol. The summed E-state index contributed by atoms with van der Waals surface area (Å²) in [5.74, 6) is -1.29. The van der Waals surface area contributed by atoms with Gasteiger partial charge in [-0.3, -0.25) is 20.2 Å². The minimum Gasteiger partial charge on any atom is -0.478 e. The van der Waals surface area contributed by atoms with E-state index in [0.717, 1.165) is 6.07 Å². The maximum atomic E-state index is 11.4. The molecule has 0 aliphatic carbocycles. The Morgan fingerprint density at radius 2 is 1.52 bits per heavy atom. The van der Waals surface area contributed by atoms with E-state index in [2.05, 4.69) is 0 Å². The van der Waals surface area contributed by atoms with Gasteiger partial charge in [0.15, 0.2) is 0 Å². The summed E-state index contributed by atoms with van der Waals surface area (Å²) in [4.78, 5) is 31.8. The zero-order chi connectivity index (χ0) is 17.0. The van der Waals surface area contributed by atoms with Crippen LogP contribution in [0.4, 0.5) is 11.4 Å². The van der Waals surface area contributed by atoms with Crippen molar-refractivity contribution < 1.29 is 19.7 Å². The molecule has 2 aromatic rings. The fourth-order valence-corrected chi connectivity index (χ4v) is 1.95. The van der Waals surface area contributed by atoms with Crippen LogP contribution in [0.25, 0.3) is 11.6 Å². The van der Waals surface area contributed by atoms with Gasteiger partial charge in [-0.15, -0.1) is 0 Å². The molecule has 0 saturated carbocycles. The third kappa shape index (κ3) is 3.76. The van der Waals surface area contributed by atoms with E-state index in [1.54, 1.807) is 0 Å². The number of nitro benzene ring substituents is 2. The molecule has 0 saturated heterocycles. The number of hydrogen-bond acceptors (Lipinski definition) is 5. The van der Waals surface area contributed by atoms with E-state index < -0.39 is 15.8 Å². The van der Waals surface area contributed by atoms with E-state index in [1.165, 1.54) is 48.5 Å². The van der Waals surface area contributed by atoms with Gasteiger partial charge in [-0.25, -0.2) is 4.79 Å². The molecule has 23 heavy (non-hydrogen) atoms. The topological polar surface area (TPSA) is 124 Å². The zero-order valence-electron chi connectivity index (χ0n) is 11.6. The number of carboxylic acids is 1. The quantitative estimate of drug-likeness (QED) is 0.391. The number of rotatable bonds is 5. The van der Waals surface area contributed by atoms with Crippen LogP contribution in [0, 0.1) is 20.2 Å². The molecule has 0 amide bonds. The molecule has 116 valence electrons. The standard InChI is InChI=1S/C15H10N2O6/c18-15(19)14(11-4-2-6-13(9-11)17(22)23)8-10-3-1-5-12(7-10)16(20)21/h1-9H,(H,18,19)/b14-8-. The van der Waals surface area contributed by atoms with Crippen LogP contribution in [0.3, 0.4) is 0 Å². The van der Waals surface area contributed by atoms with Crippen molar-refractivity contribution in [1.82, 2.24) is 0 Å². The Morgan fingerprint density at radius 3 is 2.09 bits per heavy atom. The zero-order valence-corrected chi connectivity index (χ0v) is 11.6. The van der Waals surface area contributed by atoms with Gasteiger partial charge in [-0.1, -0.05) is 24.3 Å². The lowest BCUT2D eigenvalue weighted by atomic mass is 10.0. The van der Waals surface area contributed by atoms with E-state index >= 15 is 0 Å². The van der Waals surface area contributed by atoms with Gasteiger partial charge < -0.3 is 5.11 Å². The fraction of sp³-hybridized carbons (Fsp3) is 0. The summed E-state index contributed by atoms with van der Waals surface area (Å²) in [5.41, 5.74) is -0.174. The van der Waals surface area contributed by atoms with Gasteiger partial charge >= 0.3 is 5.97 Å². The molecule has 0 bridgehead atoms. The number of nitro groups is 2. The first-order valence-electron chi connectivity index (χ1n) is 6.33. The van der Waals surface area contributed by atoms with Crippen LogP contribution < -0.4 is 0 Å². The van der Waals surface area contributed by atoms with E-state index in [1.807, 2.05) is 0 Å². The fourth-order valence-electron chi connectivity index (χ4n) is 1.95. The van der Waals surface area contributed by atoms with Gasteiger partial charge in [0.05, 0.1) is 15.4 Å². The van der Waals surface area contributed by atoms with Gasteiger partial charge in [-0.2, -0.15) is 0 Å². The van der Waals surface area contributed by atoms with E-state index in [-0.39, 0.29) is 22.5 Å². The average Bonchev–Trinajstić information content (AvgIpc) is 2.52. The van der Waals surface area contributed by atoms with Crippen LogP contribution in [0.15, 0.2) is 48.5 Å². The van der Waals surface area contributed by atoms with Crippen molar-refractivity contribution in [3.63, 3.8) is 0 Å². The lowest BCUT2D eigenvalue weighted by Gasteiger charge is -2.03. The maximum Gasteiger partial charge on any atom is 0.336 e. The summed E-state index contributed by atoms with van der Waals surface area (Å²) >= 11 is 0. The minimum absolute atomic E-state index is 0.137. The number of benzene rings is 2. The first-order valence-corrected chi connectivity index (χ1v) is 6.33. The highest BCUT2D eigenvalue weighted by Crippen LogP contribution is 2.24. The molecule has 8 heteroatoms. The third-order valence-electron chi connectivity index (χ3n) is 2.99. The largest absolute Gasteiger partial charge is 0.478 e. The molecule has 0 radical (unpaired) electrons. The van der Waals surface area contributed by atoms with Crippen molar-refractivity contribution in [2.75, 3.05) is 0 Å². The molecule has 0 aliphatic heterocycles. The van der Waals surface area contributed by atoms with E-state index in [0.29, 0.717) is 5.56 Å². The van der Waals surface area contributed by atoms with Crippen molar-refractivity contribution in [3.8, 4) is 0 Å². The Morgan fingerprint density at radius 1 is 0.957 bits per heavy atom. The lowest BCUT2D eigenvalue weighted by Crippen LogP contribution is -2.00. The van der Waals surface area contributed by atoms with Gasteiger partial charge in [-0.05, 0) is 17.2 Å². The number of aliphatic carboxylic acids is 1. The summed E-state index contributed by atoms with van der Waals surface area (Å²) < 4.78 is 0. The number of carbonyl (C=O) groups is 1. The van der Waals surface area contributed by atoms with Crippen molar-refractivity contribution >= 4 is 29.0 Å². The second-order valence-corrected chi connectivity index (χ2v) is 4.52. The number of hydrogen-bond donors (Lipinski definition) is 1. The van der Waals surface area contributed by atoms with E-state index in [9.17, 15) is 30.1 Å². The van der Waals surface area contributed by atoms with Crippen LogP contribution in [0.2, 0.25) is 0 Å². The molecule has 0 spiro atoms. The normalized spacial score (nSPS) is 11.0. The second kappa shape index (κ2) is 6.48. The summed E-state index contributed by atoms with van der Waals surface area (Å²) in [7, 11) is 0. The molecular weight excluding hydrogens is 304 g/mol. The first-order chi connectivity index (χ1) is 10.9. The molecule has 0 unspecified atom stereocenters. The van der Waals surface area contributed by atoms with Crippen LogP contribution in [-0.4, -0.2) is 20.9 Å².